The molecule has 0 unspecified atom stereocenters. The molecule has 0 saturated heterocycles. The van der Waals surface area contributed by atoms with Crippen LogP contribution in [0, 0.1) is 0 Å². The quantitative estimate of drug-likeness (QED) is 0.169. The second-order valence-electron chi connectivity index (χ2n) is 13.0. The summed E-state index contributed by atoms with van der Waals surface area (Å²) in [6, 6.07) is 17.6. The van der Waals surface area contributed by atoms with Crippen LogP contribution in [0.5, 0.6) is 5.75 Å². The molecular formula is C34H47N5O3S. The normalized spacial score (nSPS) is 12.9. The lowest BCUT2D eigenvalue weighted by atomic mass is 9.66. The number of unbranched alkanes of at least 4 members (excludes halogenated alkanes) is 2. The van der Waals surface area contributed by atoms with Crippen molar-refractivity contribution in [3.63, 3.8) is 0 Å². The Kier molecular flexibility index (Phi) is 9.69. The molecule has 4 aromatic rings. The maximum atomic E-state index is 13.5. The fourth-order valence-corrected chi connectivity index (χ4v) is 7.23. The fourth-order valence-electron chi connectivity index (χ4n) is 6.32. The second-order valence-corrected chi connectivity index (χ2v) is 14.5. The third kappa shape index (κ3) is 6.79. The van der Waals surface area contributed by atoms with Crippen molar-refractivity contribution in [3.8, 4) is 11.4 Å². The molecule has 0 aliphatic rings. The van der Waals surface area contributed by atoms with E-state index < -0.39 is 26.6 Å². The summed E-state index contributed by atoms with van der Waals surface area (Å²) in [5.74, 6) is -0.408. The number of primary sulfonamides is 1. The predicted molar refractivity (Wildman–Crippen MR) is 175 cm³/mol. The molecule has 0 bridgehead atoms. The zero-order chi connectivity index (χ0) is 31.6. The minimum Gasteiger partial charge on any atom is -0.504 e. The van der Waals surface area contributed by atoms with Gasteiger partial charge in [0.1, 0.15) is 21.6 Å². The Labute approximate surface area is 257 Å². The summed E-state index contributed by atoms with van der Waals surface area (Å²) in [5.41, 5.74) is 3.73. The molecule has 232 valence electrons. The Bertz CT molecular complexity index is 1640. The predicted octanol–water partition coefficient (Wildman–Crippen LogP) is 6.45. The highest BCUT2D eigenvalue weighted by atomic mass is 32.2. The first-order valence-electron chi connectivity index (χ1n) is 15.2. The number of fused-ring (bicyclic) bond motifs is 1. The highest BCUT2D eigenvalue weighted by molar-refractivity contribution is 7.89. The molecule has 0 saturated carbocycles. The summed E-state index contributed by atoms with van der Waals surface area (Å²) in [5, 5.41) is 27.6. The molecule has 0 radical (unpaired) electrons. The van der Waals surface area contributed by atoms with Crippen LogP contribution in [0.1, 0.15) is 89.0 Å². The zero-order valence-electron chi connectivity index (χ0n) is 26.7. The summed E-state index contributed by atoms with van der Waals surface area (Å²) >= 11 is 0. The van der Waals surface area contributed by atoms with E-state index in [9.17, 15) is 13.5 Å². The van der Waals surface area contributed by atoms with Crippen molar-refractivity contribution >= 4 is 21.1 Å². The molecule has 3 aromatic carbocycles. The molecule has 0 atom stereocenters. The van der Waals surface area contributed by atoms with Crippen LogP contribution in [0.4, 0.5) is 0 Å². The second kappa shape index (κ2) is 12.8. The molecule has 3 N–H and O–H groups in total. The molecular weight excluding hydrogens is 558 g/mol. The van der Waals surface area contributed by atoms with Gasteiger partial charge in [-0.1, -0.05) is 96.3 Å². The summed E-state index contributed by atoms with van der Waals surface area (Å²) in [6.45, 7) is 11.5. The van der Waals surface area contributed by atoms with Gasteiger partial charge < -0.3 is 10.0 Å². The van der Waals surface area contributed by atoms with Gasteiger partial charge >= 0.3 is 0 Å². The average molecular weight is 606 g/mol. The van der Waals surface area contributed by atoms with Gasteiger partial charge in [0.25, 0.3) is 0 Å². The maximum Gasteiger partial charge on any atom is 0.242 e. The van der Waals surface area contributed by atoms with Crippen molar-refractivity contribution in [2.45, 2.75) is 88.9 Å². The summed E-state index contributed by atoms with van der Waals surface area (Å²) in [6.07, 6.45) is 5.09. The van der Waals surface area contributed by atoms with Gasteiger partial charge in [0, 0.05) is 5.41 Å². The lowest BCUT2D eigenvalue weighted by Crippen LogP contribution is -2.33. The van der Waals surface area contributed by atoms with E-state index in [4.69, 9.17) is 15.3 Å². The molecule has 1 aromatic heterocycles. The van der Waals surface area contributed by atoms with E-state index in [1.807, 2.05) is 56.6 Å². The summed E-state index contributed by atoms with van der Waals surface area (Å²) in [7, 11) is -0.353. The topological polar surface area (TPSA) is 114 Å². The van der Waals surface area contributed by atoms with Gasteiger partial charge in [0.15, 0.2) is 5.75 Å². The number of sulfonamides is 1. The van der Waals surface area contributed by atoms with E-state index in [1.165, 1.54) is 4.80 Å². The van der Waals surface area contributed by atoms with E-state index in [2.05, 4.69) is 51.7 Å². The monoisotopic (exact) mass is 605 g/mol. The highest BCUT2D eigenvalue weighted by Crippen LogP contribution is 2.50. The first-order chi connectivity index (χ1) is 20.2. The molecule has 0 spiro atoms. The molecule has 0 fully saturated rings. The van der Waals surface area contributed by atoms with Crippen LogP contribution in [0.2, 0.25) is 0 Å². The molecule has 1 heterocycles. The number of aromatic nitrogens is 3. The van der Waals surface area contributed by atoms with Crippen LogP contribution in [0.15, 0.2) is 59.5 Å². The van der Waals surface area contributed by atoms with Gasteiger partial charge in [-0.2, -0.15) is 0 Å². The minimum absolute atomic E-state index is 0.228. The summed E-state index contributed by atoms with van der Waals surface area (Å²) in [4.78, 5) is 3.25. The van der Waals surface area contributed by atoms with Crippen molar-refractivity contribution in [2.75, 3.05) is 20.6 Å². The number of nitrogens with two attached hydrogens (primary N) is 1. The van der Waals surface area contributed by atoms with E-state index in [1.54, 1.807) is 0 Å². The Morgan fingerprint density at radius 3 is 2.00 bits per heavy atom. The molecule has 0 aliphatic carbocycles. The van der Waals surface area contributed by atoms with Crippen LogP contribution in [0.25, 0.3) is 16.7 Å². The molecule has 0 aliphatic heterocycles. The average Bonchev–Trinajstić information content (AvgIpc) is 3.36. The molecule has 43 heavy (non-hydrogen) atoms. The minimum atomic E-state index is -4.34. The van der Waals surface area contributed by atoms with Gasteiger partial charge in [-0.3, -0.25) is 0 Å². The molecule has 8 nitrogen and oxygen atoms in total. The lowest BCUT2D eigenvalue weighted by molar-refractivity contribution is 0.392. The van der Waals surface area contributed by atoms with E-state index in [0.29, 0.717) is 29.4 Å². The van der Waals surface area contributed by atoms with Gasteiger partial charge in [-0.05, 0) is 79.7 Å². The number of phenols is 1. The van der Waals surface area contributed by atoms with Gasteiger partial charge in [0.05, 0.1) is 0 Å². The fraction of sp³-hybridized carbons (Fsp3) is 0.471. The number of rotatable bonds is 13. The third-order valence-electron chi connectivity index (χ3n) is 8.51. The smallest absolute Gasteiger partial charge is 0.242 e. The van der Waals surface area contributed by atoms with Crippen LogP contribution < -0.4 is 5.14 Å². The number of phenolic OH excluding ortho intramolecular Hbond substituents is 1. The zero-order valence-corrected chi connectivity index (χ0v) is 27.5. The Morgan fingerprint density at radius 2 is 1.47 bits per heavy atom. The van der Waals surface area contributed by atoms with Crippen molar-refractivity contribution in [3.05, 3.63) is 76.9 Å². The van der Waals surface area contributed by atoms with E-state index >= 15 is 0 Å². The number of benzene rings is 3. The first kappa shape index (κ1) is 32.6. The van der Waals surface area contributed by atoms with E-state index in [0.717, 1.165) is 48.9 Å². The molecule has 9 heteroatoms. The van der Waals surface area contributed by atoms with Crippen molar-refractivity contribution in [1.29, 1.82) is 0 Å². The molecule has 0 amide bonds. The Hall–Kier alpha value is -3.27. The van der Waals surface area contributed by atoms with Crippen molar-refractivity contribution in [2.24, 2.45) is 5.14 Å². The van der Waals surface area contributed by atoms with Crippen molar-refractivity contribution < 1.29 is 13.5 Å². The van der Waals surface area contributed by atoms with Gasteiger partial charge in [-0.15, -0.1) is 15.0 Å². The highest BCUT2D eigenvalue weighted by Gasteiger charge is 2.42. The van der Waals surface area contributed by atoms with Crippen LogP contribution in [-0.2, 0) is 27.3 Å². The number of aromatic hydroxyl groups is 1. The van der Waals surface area contributed by atoms with Crippen LogP contribution in [0.3, 0.4) is 0 Å². The van der Waals surface area contributed by atoms with Crippen LogP contribution >= 0.6 is 0 Å². The maximum absolute atomic E-state index is 13.5. The SMILES string of the molecule is CCCCCC(C)(C)c1c(CCCN(C)C)c(S(N)(=O)=O)c(O)c(-n2nc3ccccc3n2)c1C(C)(C)c1ccccc1. The van der Waals surface area contributed by atoms with Crippen molar-refractivity contribution in [1.82, 2.24) is 19.9 Å². The summed E-state index contributed by atoms with van der Waals surface area (Å²) < 4.78 is 26.9. The first-order valence-corrected chi connectivity index (χ1v) is 16.7. The standard InChI is InChI=1S/C34H47N5O3S/c1-8-9-15-22-33(2,3)28-25(19-16-23-38(6)7)32(43(35,41)42)31(40)30(39-36-26-20-13-14-21-27(26)37-39)29(28)34(4,5)24-17-11-10-12-18-24/h10-14,17-18,20-21,40H,8-9,15-16,19,22-23H2,1-7H3,(H2,35,41,42). The lowest BCUT2D eigenvalue weighted by Gasteiger charge is -2.39. The Morgan fingerprint density at radius 1 is 0.884 bits per heavy atom. The van der Waals surface area contributed by atoms with Gasteiger partial charge in [0.2, 0.25) is 10.0 Å². The van der Waals surface area contributed by atoms with E-state index in [-0.39, 0.29) is 10.6 Å². The van der Waals surface area contributed by atoms with Crippen LogP contribution in [-0.4, -0.2) is 54.1 Å². The molecule has 4 rings (SSSR count). The number of hydrogen-bond donors (Lipinski definition) is 2. The largest absolute Gasteiger partial charge is 0.504 e. The Balaban J connectivity index is 2.23. The van der Waals surface area contributed by atoms with Gasteiger partial charge in [-0.25, -0.2) is 13.6 Å². The third-order valence-corrected chi connectivity index (χ3v) is 9.52. The number of hydrogen-bond acceptors (Lipinski definition) is 6. The number of nitrogens with zero attached hydrogens (tertiary/aromatic N) is 4.